The Hall–Kier alpha value is -2.78. The first-order valence-corrected chi connectivity index (χ1v) is 10.3. The number of aromatic nitrogens is 3. The first-order chi connectivity index (χ1) is 14.6. The van der Waals surface area contributed by atoms with Gasteiger partial charge in [-0.05, 0) is 24.5 Å². The summed E-state index contributed by atoms with van der Waals surface area (Å²) in [5.41, 5.74) is -1.74. The van der Waals surface area contributed by atoms with E-state index < -0.39 is 29.1 Å². The molecular formula is C21H27F3N4O3. The predicted octanol–water partition coefficient (Wildman–Crippen LogP) is 3.05. The molecule has 0 saturated carbocycles. The molecule has 0 bridgehead atoms. The van der Waals surface area contributed by atoms with Gasteiger partial charge < -0.3 is 9.64 Å². The monoisotopic (exact) mass is 440 g/mol. The Kier molecular flexibility index (Phi) is 6.76. The standard InChI is InChI=1S/C21H27F3N4O3/c1-14(2)8-13-28-20(30)26(3)19(29)18(25-28)27-11-9-15(10-12-27)31-17-7-5-4-6-16(17)21(22,23)24/h4-7,14-15H,8-13H2,1-3H3. The SMILES string of the molecule is CC(C)CCn1nc(N2CCC(Oc3ccccc3C(F)(F)F)CC2)c(=O)n(C)c1=O. The Morgan fingerprint density at radius 1 is 1.16 bits per heavy atom. The van der Waals surface area contributed by atoms with Crippen molar-refractivity contribution in [2.45, 2.75) is 51.9 Å². The Morgan fingerprint density at radius 2 is 1.81 bits per heavy atom. The number of ether oxygens (including phenoxy) is 1. The maximum absolute atomic E-state index is 13.2. The largest absolute Gasteiger partial charge is 0.490 e. The predicted molar refractivity (Wildman–Crippen MR) is 111 cm³/mol. The zero-order chi connectivity index (χ0) is 22.8. The van der Waals surface area contributed by atoms with Gasteiger partial charge in [0.1, 0.15) is 11.9 Å². The number of anilines is 1. The zero-order valence-corrected chi connectivity index (χ0v) is 17.9. The molecule has 7 nitrogen and oxygen atoms in total. The lowest BCUT2D eigenvalue weighted by molar-refractivity contribution is -0.139. The summed E-state index contributed by atoms with van der Waals surface area (Å²) in [5, 5.41) is 4.29. The molecule has 0 atom stereocenters. The van der Waals surface area contributed by atoms with E-state index in [1.165, 1.54) is 29.9 Å². The van der Waals surface area contributed by atoms with Crippen LogP contribution in [0.4, 0.5) is 19.0 Å². The number of halogens is 3. The number of nitrogens with zero attached hydrogens (tertiary/aromatic N) is 4. The minimum absolute atomic E-state index is 0.181. The molecular weight excluding hydrogens is 413 g/mol. The van der Waals surface area contributed by atoms with Crippen LogP contribution in [0.2, 0.25) is 0 Å². The molecule has 1 aromatic carbocycles. The Labute approximate surface area is 178 Å². The van der Waals surface area contributed by atoms with Crippen molar-refractivity contribution in [1.29, 1.82) is 0 Å². The van der Waals surface area contributed by atoms with Gasteiger partial charge in [-0.1, -0.05) is 26.0 Å². The topological polar surface area (TPSA) is 69.4 Å². The maximum atomic E-state index is 13.2. The molecule has 31 heavy (non-hydrogen) atoms. The molecule has 2 aromatic rings. The highest BCUT2D eigenvalue weighted by Crippen LogP contribution is 2.37. The number of hydrogen-bond donors (Lipinski definition) is 0. The van der Waals surface area contributed by atoms with Gasteiger partial charge in [0.15, 0.2) is 0 Å². The fourth-order valence-electron chi connectivity index (χ4n) is 3.50. The first-order valence-electron chi connectivity index (χ1n) is 10.3. The molecule has 170 valence electrons. The van der Waals surface area contributed by atoms with Crippen molar-refractivity contribution in [3.8, 4) is 5.75 Å². The number of para-hydroxylation sites is 1. The highest BCUT2D eigenvalue weighted by Gasteiger charge is 2.35. The second-order valence-electron chi connectivity index (χ2n) is 8.17. The van der Waals surface area contributed by atoms with Crippen molar-refractivity contribution in [2.24, 2.45) is 13.0 Å². The molecule has 1 fully saturated rings. The van der Waals surface area contributed by atoms with E-state index in [0.29, 0.717) is 38.4 Å². The van der Waals surface area contributed by atoms with Gasteiger partial charge in [0, 0.05) is 39.5 Å². The number of rotatable bonds is 6. The molecule has 10 heteroatoms. The third-order valence-corrected chi connectivity index (χ3v) is 5.36. The Morgan fingerprint density at radius 3 is 2.42 bits per heavy atom. The minimum Gasteiger partial charge on any atom is -0.490 e. The Bertz CT molecular complexity index is 1020. The van der Waals surface area contributed by atoms with E-state index in [1.807, 2.05) is 13.8 Å². The van der Waals surface area contributed by atoms with Gasteiger partial charge in [-0.2, -0.15) is 13.2 Å². The summed E-state index contributed by atoms with van der Waals surface area (Å²) < 4.78 is 47.6. The van der Waals surface area contributed by atoms with Crippen molar-refractivity contribution in [1.82, 2.24) is 14.3 Å². The number of aryl methyl sites for hydroxylation is 1. The fourth-order valence-corrected chi connectivity index (χ4v) is 3.50. The third-order valence-electron chi connectivity index (χ3n) is 5.36. The van der Waals surface area contributed by atoms with Crippen molar-refractivity contribution in [3.05, 3.63) is 50.7 Å². The van der Waals surface area contributed by atoms with Gasteiger partial charge in [-0.3, -0.25) is 9.36 Å². The third kappa shape index (κ3) is 5.29. The maximum Gasteiger partial charge on any atom is 0.419 e. The summed E-state index contributed by atoms with van der Waals surface area (Å²) in [6.07, 6.45) is -3.28. The van der Waals surface area contributed by atoms with E-state index in [1.54, 1.807) is 4.90 Å². The van der Waals surface area contributed by atoms with Gasteiger partial charge >= 0.3 is 11.9 Å². The van der Waals surface area contributed by atoms with Crippen LogP contribution in [0.15, 0.2) is 33.9 Å². The number of benzene rings is 1. The van der Waals surface area contributed by atoms with Crippen molar-refractivity contribution in [2.75, 3.05) is 18.0 Å². The smallest absolute Gasteiger partial charge is 0.419 e. The molecule has 3 rings (SSSR count). The van der Waals surface area contributed by atoms with Crippen LogP contribution < -0.4 is 20.9 Å². The van der Waals surface area contributed by atoms with Crippen LogP contribution in [0.3, 0.4) is 0 Å². The summed E-state index contributed by atoms with van der Waals surface area (Å²) in [6, 6.07) is 5.15. The van der Waals surface area contributed by atoms with E-state index in [9.17, 15) is 22.8 Å². The lowest BCUT2D eigenvalue weighted by Crippen LogP contribution is -2.47. The molecule has 0 spiro atoms. The van der Waals surface area contributed by atoms with Crippen LogP contribution in [-0.2, 0) is 19.8 Å². The van der Waals surface area contributed by atoms with Gasteiger partial charge in [0.2, 0.25) is 5.82 Å². The summed E-state index contributed by atoms with van der Waals surface area (Å²) in [4.78, 5) is 26.7. The molecule has 0 aliphatic carbocycles. The van der Waals surface area contributed by atoms with E-state index in [2.05, 4.69) is 5.10 Å². The molecule has 1 saturated heterocycles. The second kappa shape index (κ2) is 9.15. The van der Waals surface area contributed by atoms with E-state index in [0.717, 1.165) is 17.1 Å². The van der Waals surface area contributed by atoms with Crippen LogP contribution in [-0.4, -0.2) is 33.5 Å². The molecule has 1 aliphatic rings. The summed E-state index contributed by atoms with van der Waals surface area (Å²) in [5.74, 6) is 0.367. The molecule has 0 N–H and O–H groups in total. The van der Waals surface area contributed by atoms with Gasteiger partial charge in [0.25, 0.3) is 5.56 Å². The second-order valence-corrected chi connectivity index (χ2v) is 8.17. The number of piperidine rings is 1. The van der Waals surface area contributed by atoms with Crippen LogP contribution in [0.5, 0.6) is 5.75 Å². The number of hydrogen-bond acceptors (Lipinski definition) is 5. The molecule has 0 radical (unpaired) electrons. The molecule has 0 amide bonds. The lowest BCUT2D eigenvalue weighted by atomic mass is 10.1. The van der Waals surface area contributed by atoms with Crippen LogP contribution in [0.25, 0.3) is 0 Å². The van der Waals surface area contributed by atoms with Crippen LogP contribution in [0.1, 0.15) is 38.7 Å². The van der Waals surface area contributed by atoms with Crippen molar-refractivity contribution >= 4 is 5.82 Å². The summed E-state index contributed by atoms with van der Waals surface area (Å²) in [7, 11) is 1.42. The van der Waals surface area contributed by atoms with Crippen molar-refractivity contribution in [3.63, 3.8) is 0 Å². The van der Waals surface area contributed by atoms with Gasteiger partial charge in [-0.25, -0.2) is 9.48 Å². The average Bonchev–Trinajstić information content (AvgIpc) is 2.72. The highest BCUT2D eigenvalue weighted by molar-refractivity contribution is 5.37. The van der Waals surface area contributed by atoms with Gasteiger partial charge in [-0.15, -0.1) is 5.10 Å². The zero-order valence-electron chi connectivity index (χ0n) is 17.9. The molecule has 1 aliphatic heterocycles. The van der Waals surface area contributed by atoms with E-state index in [-0.39, 0.29) is 11.6 Å². The van der Waals surface area contributed by atoms with E-state index >= 15 is 0 Å². The first kappa shape index (κ1) is 22.9. The lowest BCUT2D eigenvalue weighted by Gasteiger charge is -2.33. The molecule has 1 aromatic heterocycles. The van der Waals surface area contributed by atoms with Gasteiger partial charge in [0.05, 0.1) is 5.56 Å². The summed E-state index contributed by atoms with van der Waals surface area (Å²) in [6.45, 7) is 5.27. The highest BCUT2D eigenvalue weighted by atomic mass is 19.4. The number of alkyl halides is 3. The summed E-state index contributed by atoms with van der Waals surface area (Å²) >= 11 is 0. The minimum atomic E-state index is -4.49. The van der Waals surface area contributed by atoms with Crippen LogP contribution >= 0.6 is 0 Å². The van der Waals surface area contributed by atoms with Crippen molar-refractivity contribution < 1.29 is 17.9 Å². The van der Waals surface area contributed by atoms with Crippen LogP contribution in [0, 0.1) is 5.92 Å². The van der Waals surface area contributed by atoms with E-state index in [4.69, 9.17) is 4.74 Å². The normalized spacial score (nSPS) is 15.5. The Balaban J connectivity index is 1.73. The average molecular weight is 440 g/mol. The molecule has 0 unspecified atom stereocenters. The molecule has 2 heterocycles. The quantitative estimate of drug-likeness (QED) is 0.691. The fraction of sp³-hybridized carbons (Fsp3) is 0.571.